The highest BCUT2D eigenvalue weighted by atomic mass is 16.5. The molecule has 0 aromatic heterocycles. The zero-order chi connectivity index (χ0) is 27.4. The number of rotatable bonds is 9. The van der Waals surface area contributed by atoms with E-state index in [1.807, 2.05) is 0 Å². The van der Waals surface area contributed by atoms with Crippen molar-refractivity contribution < 1.29 is 49.1 Å². The Labute approximate surface area is 214 Å². The zero-order valence-corrected chi connectivity index (χ0v) is 19.3. The number of ether oxygens (including phenoxy) is 2. The predicted octanol–water partition coefficient (Wildman–Crippen LogP) is 5.73. The summed E-state index contributed by atoms with van der Waals surface area (Å²) in [6.07, 6.45) is 0. The summed E-state index contributed by atoms with van der Waals surface area (Å²) in [6.45, 7) is 0. The normalized spacial score (nSPS) is 10.4. The fourth-order valence-corrected chi connectivity index (χ4v) is 3.80. The van der Waals surface area contributed by atoms with Crippen molar-refractivity contribution in [3.63, 3.8) is 0 Å². The summed E-state index contributed by atoms with van der Waals surface area (Å²) in [6, 6.07) is 20.5. The molecule has 0 aliphatic carbocycles. The van der Waals surface area contributed by atoms with Gasteiger partial charge in [-0.25, -0.2) is 19.2 Å². The molecule has 0 saturated heterocycles. The summed E-state index contributed by atoms with van der Waals surface area (Å²) in [5, 5.41) is 39.2. The van der Waals surface area contributed by atoms with Crippen molar-refractivity contribution in [2.24, 2.45) is 0 Å². The van der Waals surface area contributed by atoms with E-state index >= 15 is 0 Å². The number of benzene rings is 4. The maximum atomic E-state index is 12.3. The van der Waals surface area contributed by atoms with Gasteiger partial charge in [-0.1, -0.05) is 36.4 Å². The van der Waals surface area contributed by atoms with Crippen LogP contribution < -0.4 is 9.47 Å². The highest BCUT2D eigenvalue weighted by Crippen LogP contribution is 2.45. The molecule has 0 aliphatic rings. The average Bonchev–Trinajstić information content (AvgIpc) is 2.89. The predicted molar refractivity (Wildman–Crippen MR) is 133 cm³/mol. The fourth-order valence-electron chi connectivity index (χ4n) is 3.80. The first-order valence-corrected chi connectivity index (χ1v) is 10.9. The summed E-state index contributed by atoms with van der Waals surface area (Å²) in [5.74, 6) is -6.74. The molecule has 0 amide bonds. The van der Waals surface area contributed by atoms with Gasteiger partial charge >= 0.3 is 23.9 Å². The Morgan fingerprint density at radius 2 is 0.789 bits per heavy atom. The van der Waals surface area contributed by atoms with E-state index in [0.29, 0.717) is 0 Å². The van der Waals surface area contributed by atoms with Crippen molar-refractivity contribution in [1.29, 1.82) is 0 Å². The topological polar surface area (TPSA) is 168 Å². The Bertz CT molecular complexity index is 1440. The first-order chi connectivity index (χ1) is 18.2. The molecule has 4 N–H and O–H groups in total. The Morgan fingerprint density at radius 3 is 1.08 bits per heavy atom. The number of aromatic carboxylic acids is 4. The zero-order valence-electron chi connectivity index (χ0n) is 19.3. The SMILES string of the molecule is O=C(O)c1ccc(-c2ccc(C(=O)O)c(C(=O)O)c2Oc2ccccc2)c(Oc2ccccc2)c1C(=O)O. The molecule has 0 unspecified atom stereocenters. The summed E-state index contributed by atoms with van der Waals surface area (Å²) < 4.78 is 11.7. The summed E-state index contributed by atoms with van der Waals surface area (Å²) in [5.41, 5.74) is -2.60. The van der Waals surface area contributed by atoms with Crippen LogP contribution in [0.25, 0.3) is 11.1 Å². The molecule has 0 saturated carbocycles. The van der Waals surface area contributed by atoms with Crippen LogP contribution in [0.1, 0.15) is 41.4 Å². The lowest BCUT2D eigenvalue weighted by atomic mass is 9.93. The lowest BCUT2D eigenvalue weighted by Crippen LogP contribution is -2.13. The summed E-state index contributed by atoms with van der Waals surface area (Å²) in [7, 11) is 0. The lowest BCUT2D eigenvalue weighted by molar-refractivity contribution is 0.0648. The molecule has 0 radical (unpaired) electrons. The van der Waals surface area contributed by atoms with Crippen LogP contribution in [-0.4, -0.2) is 44.3 Å². The number of hydrogen-bond donors (Lipinski definition) is 4. The summed E-state index contributed by atoms with van der Waals surface area (Å²) in [4.78, 5) is 48.3. The minimum Gasteiger partial charge on any atom is -0.478 e. The van der Waals surface area contributed by atoms with Gasteiger partial charge in [0.25, 0.3) is 0 Å². The molecule has 0 atom stereocenters. The Balaban J connectivity index is 2.09. The quantitative estimate of drug-likeness (QED) is 0.216. The van der Waals surface area contributed by atoms with Gasteiger partial charge in [0, 0.05) is 11.1 Å². The number of para-hydroxylation sites is 2. The molecule has 0 fully saturated rings. The number of hydrogen-bond acceptors (Lipinski definition) is 6. The second kappa shape index (κ2) is 10.5. The van der Waals surface area contributed by atoms with Crippen LogP contribution >= 0.6 is 0 Å². The Morgan fingerprint density at radius 1 is 0.447 bits per heavy atom. The molecule has 4 aromatic rings. The molecule has 4 aromatic carbocycles. The van der Waals surface area contributed by atoms with E-state index in [4.69, 9.17) is 9.47 Å². The third kappa shape index (κ3) is 5.00. The van der Waals surface area contributed by atoms with E-state index in [1.165, 1.54) is 36.4 Å². The first-order valence-electron chi connectivity index (χ1n) is 10.9. The van der Waals surface area contributed by atoms with Gasteiger partial charge in [-0.3, -0.25) is 0 Å². The third-order valence-electron chi connectivity index (χ3n) is 5.42. The van der Waals surface area contributed by atoms with Crippen molar-refractivity contribution in [3.05, 3.63) is 107 Å². The van der Waals surface area contributed by atoms with Crippen molar-refractivity contribution in [2.75, 3.05) is 0 Å². The molecule has 0 bridgehead atoms. The fraction of sp³-hybridized carbons (Fsp3) is 0. The van der Waals surface area contributed by atoms with Crippen molar-refractivity contribution >= 4 is 23.9 Å². The molecule has 10 heteroatoms. The van der Waals surface area contributed by atoms with Crippen LogP contribution in [0, 0.1) is 0 Å². The highest BCUT2D eigenvalue weighted by molar-refractivity contribution is 6.08. The molecular weight excluding hydrogens is 496 g/mol. The first kappa shape index (κ1) is 25.5. The van der Waals surface area contributed by atoms with Gasteiger partial charge in [0.2, 0.25) is 0 Å². The maximum Gasteiger partial charge on any atom is 0.340 e. The highest BCUT2D eigenvalue weighted by Gasteiger charge is 2.30. The van der Waals surface area contributed by atoms with Gasteiger partial charge in [0.1, 0.15) is 22.6 Å². The van der Waals surface area contributed by atoms with Gasteiger partial charge in [-0.05, 0) is 48.5 Å². The van der Waals surface area contributed by atoms with E-state index in [0.717, 1.165) is 12.1 Å². The monoisotopic (exact) mass is 514 g/mol. The van der Waals surface area contributed by atoms with Gasteiger partial charge in [-0.2, -0.15) is 0 Å². The van der Waals surface area contributed by atoms with E-state index < -0.39 is 57.6 Å². The largest absolute Gasteiger partial charge is 0.478 e. The van der Waals surface area contributed by atoms with E-state index in [2.05, 4.69) is 0 Å². The average molecular weight is 514 g/mol. The summed E-state index contributed by atoms with van der Waals surface area (Å²) >= 11 is 0. The van der Waals surface area contributed by atoms with Crippen molar-refractivity contribution in [1.82, 2.24) is 0 Å². The molecular formula is C28H18O10. The van der Waals surface area contributed by atoms with Crippen molar-refractivity contribution in [3.8, 4) is 34.1 Å². The van der Waals surface area contributed by atoms with Crippen LogP contribution in [0.4, 0.5) is 0 Å². The van der Waals surface area contributed by atoms with Gasteiger partial charge in [-0.15, -0.1) is 0 Å². The van der Waals surface area contributed by atoms with Crippen LogP contribution in [-0.2, 0) is 0 Å². The minimum atomic E-state index is -1.61. The second-order valence-electron chi connectivity index (χ2n) is 7.78. The van der Waals surface area contributed by atoms with Gasteiger partial charge < -0.3 is 29.9 Å². The molecule has 190 valence electrons. The lowest BCUT2D eigenvalue weighted by Gasteiger charge is -2.20. The molecule has 0 aliphatic heterocycles. The molecule has 10 nitrogen and oxygen atoms in total. The minimum absolute atomic E-state index is 0.0402. The standard InChI is InChI=1S/C28H18O10/c29-25(30)19-13-11-17(23(21(19)27(33)34)37-15-7-3-1-4-8-15)18-12-14-20(26(31)32)22(28(35)36)24(18)38-16-9-5-2-6-10-16/h1-14H,(H,29,30)(H,31,32)(H,33,34)(H,35,36). The number of carbonyl (C=O) groups is 4. The Hall–Kier alpha value is -5.64. The molecule has 0 heterocycles. The number of carboxylic acid groups (broad SMARTS) is 4. The van der Waals surface area contributed by atoms with Crippen LogP contribution in [0.3, 0.4) is 0 Å². The van der Waals surface area contributed by atoms with Crippen LogP contribution in [0.2, 0.25) is 0 Å². The van der Waals surface area contributed by atoms with Gasteiger partial charge in [0.15, 0.2) is 11.5 Å². The second-order valence-corrected chi connectivity index (χ2v) is 7.78. The van der Waals surface area contributed by atoms with E-state index in [1.54, 1.807) is 36.4 Å². The van der Waals surface area contributed by atoms with E-state index in [9.17, 15) is 39.6 Å². The molecule has 0 spiro atoms. The van der Waals surface area contributed by atoms with Crippen LogP contribution in [0.5, 0.6) is 23.0 Å². The van der Waals surface area contributed by atoms with Gasteiger partial charge in [0.05, 0.1) is 11.1 Å². The van der Waals surface area contributed by atoms with Crippen molar-refractivity contribution in [2.45, 2.75) is 0 Å². The van der Waals surface area contributed by atoms with Crippen LogP contribution in [0.15, 0.2) is 84.9 Å². The molecule has 38 heavy (non-hydrogen) atoms. The third-order valence-corrected chi connectivity index (χ3v) is 5.42. The smallest absolute Gasteiger partial charge is 0.340 e. The van der Waals surface area contributed by atoms with E-state index in [-0.39, 0.29) is 22.6 Å². The Kier molecular flexibility index (Phi) is 7.06. The molecule has 4 rings (SSSR count). The maximum absolute atomic E-state index is 12.3. The number of carboxylic acids is 4.